The van der Waals surface area contributed by atoms with Crippen LogP contribution < -0.4 is 5.32 Å². The summed E-state index contributed by atoms with van der Waals surface area (Å²) in [6.45, 7) is 3.78. The number of hydrogen-bond donors (Lipinski definition) is 1. The Labute approximate surface area is 88.1 Å². The van der Waals surface area contributed by atoms with E-state index in [2.05, 4.69) is 17.3 Å². The van der Waals surface area contributed by atoms with Crippen LogP contribution in [-0.4, -0.2) is 37.6 Å². The van der Waals surface area contributed by atoms with Crippen molar-refractivity contribution >= 4 is 0 Å². The molecule has 1 saturated carbocycles. The highest BCUT2D eigenvalue weighted by Gasteiger charge is 2.20. The molecule has 0 radical (unpaired) electrons. The number of hydrogen-bond acceptors (Lipinski definition) is 2. The lowest BCUT2D eigenvalue weighted by atomic mass is 9.85. The second kappa shape index (κ2) is 5.13. The zero-order valence-electron chi connectivity index (χ0n) is 9.47. The maximum absolute atomic E-state index is 3.65. The molecule has 1 unspecified atom stereocenters. The number of likely N-dealkylation sites (tertiary alicyclic amines) is 1. The smallest absolute Gasteiger partial charge is 0.0217 e. The van der Waals surface area contributed by atoms with E-state index in [1.807, 2.05) is 0 Å². The monoisotopic (exact) mass is 196 g/mol. The van der Waals surface area contributed by atoms with Gasteiger partial charge >= 0.3 is 0 Å². The Balaban J connectivity index is 1.58. The number of nitrogens with one attached hydrogen (secondary N) is 1. The van der Waals surface area contributed by atoms with Gasteiger partial charge < -0.3 is 10.2 Å². The maximum atomic E-state index is 3.65. The predicted octanol–water partition coefficient (Wildman–Crippen LogP) is 1.86. The molecule has 0 aromatic carbocycles. The molecular weight excluding hydrogens is 172 g/mol. The molecule has 2 rings (SSSR count). The third-order valence-corrected chi connectivity index (χ3v) is 3.96. The lowest BCUT2D eigenvalue weighted by Crippen LogP contribution is -2.44. The molecule has 1 aliphatic heterocycles. The van der Waals surface area contributed by atoms with Gasteiger partial charge in [-0.15, -0.1) is 0 Å². The van der Waals surface area contributed by atoms with Crippen molar-refractivity contribution in [1.29, 1.82) is 0 Å². The lowest BCUT2D eigenvalue weighted by molar-refractivity contribution is 0.176. The first-order chi connectivity index (χ1) is 6.86. The zero-order chi connectivity index (χ0) is 9.80. The second-order valence-corrected chi connectivity index (χ2v) is 5.09. The van der Waals surface area contributed by atoms with E-state index in [0.29, 0.717) is 0 Å². The van der Waals surface area contributed by atoms with Gasteiger partial charge in [0.15, 0.2) is 0 Å². The third kappa shape index (κ3) is 2.71. The van der Waals surface area contributed by atoms with Gasteiger partial charge in [-0.25, -0.2) is 0 Å². The van der Waals surface area contributed by atoms with Crippen LogP contribution in [-0.2, 0) is 0 Å². The van der Waals surface area contributed by atoms with Crippen molar-refractivity contribution in [2.24, 2.45) is 5.92 Å². The van der Waals surface area contributed by atoms with Crippen LogP contribution in [0.5, 0.6) is 0 Å². The Morgan fingerprint density at radius 3 is 2.57 bits per heavy atom. The van der Waals surface area contributed by atoms with Gasteiger partial charge in [0.2, 0.25) is 0 Å². The van der Waals surface area contributed by atoms with Gasteiger partial charge in [0, 0.05) is 12.6 Å². The quantitative estimate of drug-likeness (QED) is 0.738. The number of likely N-dealkylation sites (N-methyl/N-ethyl adjacent to an activating group) is 1. The first kappa shape index (κ1) is 10.4. The summed E-state index contributed by atoms with van der Waals surface area (Å²) in [6, 6.07) is 0.809. The van der Waals surface area contributed by atoms with Crippen LogP contribution in [0.1, 0.15) is 38.5 Å². The van der Waals surface area contributed by atoms with Crippen LogP contribution in [0.2, 0.25) is 0 Å². The SMILES string of the molecule is CN1CCCCC1CNCC1CCC1. The highest BCUT2D eigenvalue weighted by atomic mass is 15.2. The highest BCUT2D eigenvalue weighted by Crippen LogP contribution is 2.25. The van der Waals surface area contributed by atoms with Crippen molar-refractivity contribution in [3.8, 4) is 0 Å². The zero-order valence-corrected chi connectivity index (χ0v) is 9.47. The van der Waals surface area contributed by atoms with Crippen LogP contribution in [0.25, 0.3) is 0 Å². The fourth-order valence-corrected chi connectivity index (χ4v) is 2.55. The van der Waals surface area contributed by atoms with E-state index in [1.165, 1.54) is 58.2 Å². The fraction of sp³-hybridized carbons (Fsp3) is 1.00. The van der Waals surface area contributed by atoms with E-state index in [0.717, 1.165) is 12.0 Å². The molecule has 82 valence electrons. The van der Waals surface area contributed by atoms with Crippen LogP contribution in [0, 0.1) is 5.92 Å². The van der Waals surface area contributed by atoms with Crippen molar-refractivity contribution in [1.82, 2.24) is 10.2 Å². The number of rotatable bonds is 4. The van der Waals surface area contributed by atoms with Crippen LogP contribution >= 0.6 is 0 Å². The van der Waals surface area contributed by atoms with E-state index in [-0.39, 0.29) is 0 Å². The molecule has 1 saturated heterocycles. The lowest BCUT2D eigenvalue weighted by Gasteiger charge is -2.33. The molecule has 0 bridgehead atoms. The summed E-state index contributed by atoms with van der Waals surface area (Å²) in [5, 5.41) is 3.65. The maximum Gasteiger partial charge on any atom is 0.0217 e. The molecule has 0 amide bonds. The van der Waals surface area contributed by atoms with E-state index in [4.69, 9.17) is 0 Å². The van der Waals surface area contributed by atoms with Crippen LogP contribution in [0.3, 0.4) is 0 Å². The summed E-state index contributed by atoms with van der Waals surface area (Å²) in [7, 11) is 2.27. The minimum absolute atomic E-state index is 0.809. The average Bonchev–Trinajstić information content (AvgIpc) is 2.12. The second-order valence-electron chi connectivity index (χ2n) is 5.09. The summed E-state index contributed by atoms with van der Waals surface area (Å²) in [6.07, 6.45) is 8.63. The predicted molar refractivity (Wildman–Crippen MR) is 60.5 cm³/mol. The molecule has 2 fully saturated rings. The summed E-state index contributed by atoms with van der Waals surface area (Å²) in [4.78, 5) is 2.53. The first-order valence-corrected chi connectivity index (χ1v) is 6.27. The van der Waals surface area contributed by atoms with E-state index >= 15 is 0 Å². The minimum Gasteiger partial charge on any atom is -0.315 e. The molecule has 0 aromatic heterocycles. The van der Waals surface area contributed by atoms with Crippen LogP contribution in [0.15, 0.2) is 0 Å². The Morgan fingerprint density at radius 2 is 1.93 bits per heavy atom. The molecule has 14 heavy (non-hydrogen) atoms. The fourth-order valence-electron chi connectivity index (χ4n) is 2.55. The summed E-state index contributed by atoms with van der Waals surface area (Å²) in [5.41, 5.74) is 0. The largest absolute Gasteiger partial charge is 0.315 e. The van der Waals surface area contributed by atoms with Gasteiger partial charge in [-0.3, -0.25) is 0 Å². The van der Waals surface area contributed by atoms with Gasteiger partial charge in [0.1, 0.15) is 0 Å². The van der Waals surface area contributed by atoms with Crippen molar-refractivity contribution < 1.29 is 0 Å². The molecule has 0 spiro atoms. The standard InChI is InChI=1S/C12H24N2/c1-14-8-3-2-7-12(14)10-13-9-11-5-4-6-11/h11-13H,2-10H2,1H3. The summed E-state index contributed by atoms with van der Waals surface area (Å²) < 4.78 is 0. The Kier molecular flexibility index (Phi) is 3.82. The van der Waals surface area contributed by atoms with Gasteiger partial charge in [0.05, 0.1) is 0 Å². The Morgan fingerprint density at radius 1 is 1.07 bits per heavy atom. The van der Waals surface area contributed by atoms with Crippen molar-refractivity contribution in [3.63, 3.8) is 0 Å². The molecule has 2 nitrogen and oxygen atoms in total. The van der Waals surface area contributed by atoms with E-state index in [9.17, 15) is 0 Å². The normalized spacial score (nSPS) is 30.2. The van der Waals surface area contributed by atoms with Crippen molar-refractivity contribution in [2.75, 3.05) is 26.7 Å². The van der Waals surface area contributed by atoms with Gasteiger partial charge in [-0.05, 0) is 51.7 Å². The van der Waals surface area contributed by atoms with Gasteiger partial charge in [-0.1, -0.05) is 12.8 Å². The molecule has 1 heterocycles. The number of piperidine rings is 1. The Bertz CT molecular complexity index is 166. The van der Waals surface area contributed by atoms with Crippen molar-refractivity contribution in [2.45, 2.75) is 44.6 Å². The minimum atomic E-state index is 0.809. The van der Waals surface area contributed by atoms with Crippen LogP contribution in [0.4, 0.5) is 0 Å². The van der Waals surface area contributed by atoms with Gasteiger partial charge in [0.25, 0.3) is 0 Å². The molecule has 1 atom stereocenters. The molecule has 1 aliphatic carbocycles. The van der Waals surface area contributed by atoms with Crippen molar-refractivity contribution in [3.05, 3.63) is 0 Å². The molecule has 0 aromatic rings. The van der Waals surface area contributed by atoms with Gasteiger partial charge in [-0.2, -0.15) is 0 Å². The summed E-state index contributed by atoms with van der Waals surface area (Å²) in [5.74, 6) is 1.00. The molecule has 1 N–H and O–H groups in total. The third-order valence-electron chi connectivity index (χ3n) is 3.96. The van der Waals surface area contributed by atoms with E-state index in [1.54, 1.807) is 0 Å². The first-order valence-electron chi connectivity index (χ1n) is 6.27. The highest BCUT2D eigenvalue weighted by molar-refractivity contribution is 4.78. The molecule has 2 aliphatic rings. The summed E-state index contributed by atoms with van der Waals surface area (Å²) >= 11 is 0. The number of nitrogens with zero attached hydrogens (tertiary/aromatic N) is 1. The topological polar surface area (TPSA) is 15.3 Å². The Hall–Kier alpha value is -0.0800. The molecular formula is C12H24N2. The molecule has 2 heteroatoms. The average molecular weight is 196 g/mol. The van der Waals surface area contributed by atoms with E-state index < -0.39 is 0 Å².